The van der Waals surface area contributed by atoms with Crippen molar-refractivity contribution in [2.24, 2.45) is 0 Å². The van der Waals surface area contributed by atoms with Gasteiger partial charge in [0, 0.05) is 10.2 Å². The Morgan fingerprint density at radius 1 is 1.18 bits per heavy atom. The Labute approximate surface area is 135 Å². The van der Waals surface area contributed by atoms with Gasteiger partial charge in [-0.25, -0.2) is 9.18 Å². The van der Waals surface area contributed by atoms with E-state index in [0.717, 1.165) is 22.2 Å². The van der Waals surface area contributed by atoms with Gasteiger partial charge < -0.3 is 10.1 Å². The second-order valence-electron chi connectivity index (χ2n) is 4.60. The quantitative estimate of drug-likeness (QED) is 0.840. The van der Waals surface area contributed by atoms with Crippen LogP contribution >= 0.6 is 15.9 Å². The molecule has 0 aliphatic rings. The van der Waals surface area contributed by atoms with Crippen LogP contribution in [0.25, 0.3) is 0 Å². The Bertz CT molecular complexity index is 701. The second-order valence-corrected chi connectivity index (χ2v) is 5.45. The number of rotatable bonds is 4. The molecule has 2 aromatic carbocycles. The number of aryl methyl sites for hydroxylation is 1. The van der Waals surface area contributed by atoms with Crippen molar-refractivity contribution >= 4 is 33.5 Å². The van der Waals surface area contributed by atoms with Crippen LogP contribution in [0.1, 0.15) is 15.9 Å². The van der Waals surface area contributed by atoms with Gasteiger partial charge in [-0.1, -0.05) is 22.0 Å². The average molecular weight is 366 g/mol. The lowest BCUT2D eigenvalue weighted by Crippen LogP contribution is -2.20. The third-order valence-electron chi connectivity index (χ3n) is 2.87. The summed E-state index contributed by atoms with van der Waals surface area (Å²) in [5.41, 5.74) is 1.83. The van der Waals surface area contributed by atoms with E-state index in [2.05, 4.69) is 21.2 Å². The molecule has 0 fully saturated rings. The number of benzene rings is 2. The molecule has 22 heavy (non-hydrogen) atoms. The van der Waals surface area contributed by atoms with Crippen LogP contribution in [-0.4, -0.2) is 18.5 Å². The number of hydrogen-bond acceptors (Lipinski definition) is 3. The zero-order valence-electron chi connectivity index (χ0n) is 11.7. The number of ether oxygens (including phenoxy) is 1. The molecule has 0 aromatic heterocycles. The molecule has 0 bridgehead atoms. The molecule has 0 atom stereocenters. The molecule has 0 radical (unpaired) electrons. The van der Waals surface area contributed by atoms with Crippen molar-refractivity contribution in [2.75, 3.05) is 11.9 Å². The van der Waals surface area contributed by atoms with Gasteiger partial charge in [-0.05, 0) is 48.9 Å². The molecular formula is C16H13BrFNO3. The Morgan fingerprint density at radius 3 is 2.50 bits per heavy atom. The van der Waals surface area contributed by atoms with Gasteiger partial charge in [-0.15, -0.1) is 0 Å². The molecule has 6 heteroatoms. The molecule has 0 heterocycles. The summed E-state index contributed by atoms with van der Waals surface area (Å²) < 4.78 is 18.5. The molecule has 0 unspecified atom stereocenters. The minimum Gasteiger partial charge on any atom is -0.452 e. The lowest BCUT2D eigenvalue weighted by atomic mass is 10.2. The van der Waals surface area contributed by atoms with E-state index in [1.807, 2.05) is 13.0 Å². The summed E-state index contributed by atoms with van der Waals surface area (Å²) in [5.74, 6) is -1.58. The largest absolute Gasteiger partial charge is 0.452 e. The Hall–Kier alpha value is -2.21. The first kappa shape index (κ1) is 16.2. The lowest BCUT2D eigenvalue weighted by molar-refractivity contribution is -0.119. The van der Waals surface area contributed by atoms with Crippen molar-refractivity contribution in [3.63, 3.8) is 0 Å². The maximum absolute atomic E-state index is 12.7. The molecule has 0 saturated heterocycles. The first-order valence-corrected chi connectivity index (χ1v) is 7.23. The van der Waals surface area contributed by atoms with Gasteiger partial charge >= 0.3 is 5.97 Å². The number of amides is 1. The normalized spacial score (nSPS) is 10.1. The van der Waals surface area contributed by atoms with E-state index in [9.17, 15) is 14.0 Å². The van der Waals surface area contributed by atoms with E-state index in [1.54, 1.807) is 12.1 Å². The van der Waals surface area contributed by atoms with Crippen molar-refractivity contribution in [1.29, 1.82) is 0 Å². The van der Waals surface area contributed by atoms with E-state index < -0.39 is 24.3 Å². The number of hydrogen-bond donors (Lipinski definition) is 1. The zero-order chi connectivity index (χ0) is 16.1. The molecule has 0 aliphatic heterocycles. The fourth-order valence-electron chi connectivity index (χ4n) is 1.67. The summed E-state index contributed by atoms with van der Waals surface area (Å²) in [6.45, 7) is 1.52. The second kappa shape index (κ2) is 7.17. The number of halogens is 2. The van der Waals surface area contributed by atoms with Crippen molar-refractivity contribution in [1.82, 2.24) is 0 Å². The van der Waals surface area contributed by atoms with E-state index in [-0.39, 0.29) is 5.56 Å². The SMILES string of the molecule is Cc1ccc(NC(=O)COC(=O)c2ccc(F)cc2)cc1Br. The highest BCUT2D eigenvalue weighted by Gasteiger charge is 2.10. The van der Waals surface area contributed by atoms with E-state index in [4.69, 9.17) is 4.74 Å². The zero-order valence-corrected chi connectivity index (χ0v) is 13.3. The fraction of sp³-hybridized carbons (Fsp3) is 0.125. The van der Waals surface area contributed by atoms with Gasteiger partial charge in [0.25, 0.3) is 5.91 Å². The fourth-order valence-corrected chi connectivity index (χ4v) is 2.05. The van der Waals surface area contributed by atoms with Gasteiger partial charge in [0.1, 0.15) is 5.82 Å². The number of esters is 1. The molecule has 1 N–H and O–H groups in total. The molecule has 0 spiro atoms. The molecule has 2 aromatic rings. The number of carbonyl (C=O) groups is 2. The third kappa shape index (κ3) is 4.39. The predicted molar refractivity (Wildman–Crippen MR) is 84.2 cm³/mol. The highest BCUT2D eigenvalue weighted by Crippen LogP contribution is 2.20. The summed E-state index contributed by atoms with van der Waals surface area (Å²) >= 11 is 3.37. The van der Waals surface area contributed by atoms with Crippen LogP contribution in [0.2, 0.25) is 0 Å². The minimum atomic E-state index is -0.680. The van der Waals surface area contributed by atoms with Crippen LogP contribution in [0.5, 0.6) is 0 Å². The van der Waals surface area contributed by atoms with Crippen LogP contribution in [0.4, 0.5) is 10.1 Å². The molecule has 1 amide bonds. The van der Waals surface area contributed by atoms with Crippen LogP contribution in [-0.2, 0) is 9.53 Å². The molecular weight excluding hydrogens is 353 g/mol. The van der Waals surface area contributed by atoms with Crippen molar-refractivity contribution in [3.05, 3.63) is 63.9 Å². The Balaban J connectivity index is 1.88. The topological polar surface area (TPSA) is 55.4 Å². The maximum Gasteiger partial charge on any atom is 0.338 e. The summed E-state index contributed by atoms with van der Waals surface area (Å²) in [4.78, 5) is 23.4. The van der Waals surface area contributed by atoms with Crippen LogP contribution in [0.3, 0.4) is 0 Å². The lowest BCUT2D eigenvalue weighted by Gasteiger charge is -2.08. The van der Waals surface area contributed by atoms with Crippen LogP contribution in [0.15, 0.2) is 46.9 Å². The molecule has 114 valence electrons. The van der Waals surface area contributed by atoms with Gasteiger partial charge in [-0.3, -0.25) is 4.79 Å². The number of anilines is 1. The number of carbonyl (C=O) groups excluding carboxylic acids is 2. The monoisotopic (exact) mass is 365 g/mol. The predicted octanol–water partition coefficient (Wildman–Crippen LogP) is 3.69. The summed E-state index contributed by atoms with van der Waals surface area (Å²) in [7, 11) is 0. The van der Waals surface area contributed by atoms with Crippen molar-refractivity contribution < 1.29 is 18.7 Å². The summed E-state index contributed by atoms with van der Waals surface area (Å²) in [6, 6.07) is 10.3. The Kier molecular flexibility index (Phi) is 5.27. The van der Waals surface area contributed by atoms with Gasteiger partial charge in [0.2, 0.25) is 0 Å². The minimum absolute atomic E-state index is 0.187. The van der Waals surface area contributed by atoms with Gasteiger partial charge in [0.15, 0.2) is 6.61 Å². The van der Waals surface area contributed by atoms with E-state index in [0.29, 0.717) is 5.69 Å². The van der Waals surface area contributed by atoms with E-state index >= 15 is 0 Å². The first-order valence-electron chi connectivity index (χ1n) is 6.44. The van der Waals surface area contributed by atoms with Crippen LogP contribution < -0.4 is 5.32 Å². The average Bonchev–Trinajstić information content (AvgIpc) is 2.49. The highest BCUT2D eigenvalue weighted by atomic mass is 79.9. The van der Waals surface area contributed by atoms with Crippen molar-refractivity contribution in [3.8, 4) is 0 Å². The first-order chi connectivity index (χ1) is 10.5. The van der Waals surface area contributed by atoms with Crippen LogP contribution in [0, 0.1) is 12.7 Å². The maximum atomic E-state index is 12.7. The smallest absolute Gasteiger partial charge is 0.338 e. The van der Waals surface area contributed by atoms with Gasteiger partial charge in [-0.2, -0.15) is 0 Å². The molecule has 2 rings (SSSR count). The van der Waals surface area contributed by atoms with Crippen molar-refractivity contribution in [2.45, 2.75) is 6.92 Å². The Morgan fingerprint density at radius 2 is 1.86 bits per heavy atom. The number of nitrogens with one attached hydrogen (secondary N) is 1. The molecule has 0 saturated carbocycles. The standard InChI is InChI=1S/C16H13BrFNO3/c1-10-2-7-13(8-14(10)17)19-15(20)9-22-16(21)11-3-5-12(18)6-4-11/h2-8H,9H2,1H3,(H,19,20). The molecule has 4 nitrogen and oxygen atoms in total. The van der Waals surface area contributed by atoms with Gasteiger partial charge in [0.05, 0.1) is 5.56 Å². The summed E-state index contributed by atoms with van der Waals surface area (Å²) in [6.07, 6.45) is 0. The third-order valence-corrected chi connectivity index (χ3v) is 3.72. The molecule has 0 aliphatic carbocycles. The summed E-state index contributed by atoms with van der Waals surface area (Å²) in [5, 5.41) is 2.62. The van der Waals surface area contributed by atoms with E-state index in [1.165, 1.54) is 12.1 Å². The highest BCUT2D eigenvalue weighted by molar-refractivity contribution is 9.10.